The molecule has 0 aliphatic rings. The number of carbonyl (C=O) groups is 2. The molecule has 1 amide bonds. The summed E-state index contributed by atoms with van der Waals surface area (Å²) in [6, 6.07) is 8.22. The molecule has 0 aliphatic heterocycles. The van der Waals surface area contributed by atoms with Crippen LogP contribution in [0.1, 0.15) is 26.3 Å². The van der Waals surface area contributed by atoms with E-state index in [1.807, 2.05) is 6.07 Å². The van der Waals surface area contributed by atoms with E-state index in [1.165, 1.54) is 12.3 Å². The number of hydrogen-bond donors (Lipinski definition) is 2. The number of aromatic carboxylic acids is 1. The van der Waals surface area contributed by atoms with Gasteiger partial charge >= 0.3 is 5.97 Å². The molecule has 0 saturated heterocycles. The highest BCUT2D eigenvalue weighted by Crippen LogP contribution is 2.17. The summed E-state index contributed by atoms with van der Waals surface area (Å²) < 4.78 is 5.37. The maximum absolute atomic E-state index is 11.8. The smallest absolute Gasteiger partial charge is 0.335 e. The van der Waals surface area contributed by atoms with Gasteiger partial charge in [0.25, 0.3) is 5.91 Å². The van der Waals surface area contributed by atoms with Gasteiger partial charge in [-0.25, -0.2) is 4.79 Å². The molecule has 0 spiro atoms. The van der Waals surface area contributed by atoms with Crippen LogP contribution in [0.2, 0.25) is 0 Å². The summed E-state index contributed by atoms with van der Waals surface area (Å²) in [5.41, 5.74) is 1.53. The fourth-order valence-electron chi connectivity index (χ4n) is 1.73. The van der Waals surface area contributed by atoms with Gasteiger partial charge in [-0.3, -0.25) is 4.79 Å². The zero-order valence-corrected chi connectivity index (χ0v) is 12.0. The van der Waals surface area contributed by atoms with Crippen molar-refractivity contribution in [3.8, 4) is 0 Å². The number of hydrogen-bond acceptors (Lipinski definition) is 3. The molecule has 0 bridgehead atoms. The molecule has 5 nitrogen and oxygen atoms in total. The lowest BCUT2D eigenvalue weighted by atomic mass is 10.1. The second kappa shape index (κ2) is 6.38. The van der Waals surface area contributed by atoms with Crippen LogP contribution in [0, 0.1) is 0 Å². The van der Waals surface area contributed by atoms with E-state index < -0.39 is 5.97 Å². The van der Waals surface area contributed by atoms with Gasteiger partial charge in [-0.2, -0.15) is 0 Å². The standard InChI is InChI=1S/C14H12BrNO4/c15-12-11(5-7-20-12)13(17)16-6-4-9-2-1-3-10(8-9)14(18)19/h1-3,5,7-8H,4,6H2,(H,16,17)(H,18,19). The second-order valence-corrected chi connectivity index (χ2v) is 4.84. The summed E-state index contributed by atoms with van der Waals surface area (Å²) in [4.78, 5) is 22.6. The number of amides is 1. The van der Waals surface area contributed by atoms with E-state index in [1.54, 1.807) is 18.2 Å². The summed E-state index contributed by atoms with van der Waals surface area (Å²) in [7, 11) is 0. The number of furan rings is 1. The van der Waals surface area contributed by atoms with Crippen molar-refractivity contribution in [2.75, 3.05) is 6.54 Å². The topological polar surface area (TPSA) is 79.5 Å². The van der Waals surface area contributed by atoms with Crippen molar-refractivity contribution in [1.82, 2.24) is 5.32 Å². The van der Waals surface area contributed by atoms with Gasteiger partial charge in [0.15, 0.2) is 4.67 Å². The van der Waals surface area contributed by atoms with E-state index in [2.05, 4.69) is 21.2 Å². The minimum Gasteiger partial charge on any atom is -0.478 e. The molecule has 0 atom stereocenters. The van der Waals surface area contributed by atoms with Crippen molar-refractivity contribution < 1.29 is 19.1 Å². The number of rotatable bonds is 5. The lowest BCUT2D eigenvalue weighted by Crippen LogP contribution is -2.25. The summed E-state index contributed by atoms with van der Waals surface area (Å²) in [6.45, 7) is 0.416. The van der Waals surface area contributed by atoms with E-state index in [9.17, 15) is 9.59 Å². The Morgan fingerprint density at radius 3 is 2.75 bits per heavy atom. The Balaban J connectivity index is 1.90. The van der Waals surface area contributed by atoms with Crippen molar-refractivity contribution in [1.29, 1.82) is 0 Å². The Bertz CT molecular complexity index is 636. The van der Waals surface area contributed by atoms with Crippen LogP contribution in [-0.4, -0.2) is 23.5 Å². The molecule has 0 unspecified atom stereocenters. The van der Waals surface area contributed by atoms with Crippen molar-refractivity contribution in [2.45, 2.75) is 6.42 Å². The number of nitrogens with one attached hydrogen (secondary N) is 1. The van der Waals surface area contributed by atoms with Gasteiger partial charge in [0.05, 0.1) is 17.4 Å². The Morgan fingerprint density at radius 1 is 1.30 bits per heavy atom. The van der Waals surface area contributed by atoms with E-state index in [4.69, 9.17) is 9.52 Å². The quantitative estimate of drug-likeness (QED) is 0.879. The number of carboxylic acids is 1. The molecule has 0 aliphatic carbocycles. The zero-order chi connectivity index (χ0) is 14.5. The molecule has 0 radical (unpaired) electrons. The molecule has 2 aromatic rings. The molecular formula is C14H12BrNO4. The first-order valence-electron chi connectivity index (χ1n) is 5.91. The molecular weight excluding hydrogens is 326 g/mol. The second-order valence-electron chi connectivity index (χ2n) is 4.12. The molecule has 2 N–H and O–H groups in total. The Morgan fingerprint density at radius 2 is 2.10 bits per heavy atom. The van der Waals surface area contributed by atoms with Gasteiger partial charge in [0.2, 0.25) is 0 Å². The van der Waals surface area contributed by atoms with Crippen LogP contribution >= 0.6 is 15.9 Å². The Kier molecular flexibility index (Phi) is 4.57. The molecule has 1 heterocycles. The van der Waals surface area contributed by atoms with E-state index in [0.29, 0.717) is 23.2 Å². The van der Waals surface area contributed by atoms with Crippen molar-refractivity contribution in [3.05, 3.63) is 58.0 Å². The fourth-order valence-corrected chi connectivity index (χ4v) is 2.15. The molecule has 0 fully saturated rings. The lowest BCUT2D eigenvalue weighted by molar-refractivity contribution is 0.0696. The summed E-state index contributed by atoms with van der Waals surface area (Å²) >= 11 is 3.14. The van der Waals surface area contributed by atoms with Gasteiger partial charge in [-0.1, -0.05) is 12.1 Å². The highest BCUT2D eigenvalue weighted by Gasteiger charge is 2.11. The van der Waals surface area contributed by atoms with Gasteiger partial charge in [-0.15, -0.1) is 0 Å². The summed E-state index contributed by atoms with van der Waals surface area (Å²) in [5, 5.41) is 11.6. The SMILES string of the molecule is O=C(O)c1cccc(CCNC(=O)c2ccoc2Br)c1. The maximum atomic E-state index is 11.8. The normalized spacial score (nSPS) is 10.2. The van der Waals surface area contributed by atoms with E-state index in [-0.39, 0.29) is 11.5 Å². The molecule has 0 saturated carbocycles. The van der Waals surface area contributed by atoms with E-state index >= 15 is 0 Å². The molecule has 104 valence electrons. The number of carboxylic acid groups (broad SMARTS) is 1. The third-order valence-electron chi connectivity index (χ3n) is 2.74. The summed E-state index contributed by atoms with van der Waals surface area (Å²) in [6.07, 6.45) is 1.98. The fraction of sp³-hybridized carbons (Fsp3) is 0.143. The van der Waals surface area contributed by atoms with Gasteiger partial charge in [0, 0.05) is 6.54 Å². The Hall–Kier alpha value is -2.08. The van der Waals surface area contributed by atoms with Gasteiger partial charge in [-0.05, 0) is 46.1 Å². The van der Waals surface area contributed by atoms with Crippen LogP contribution in [0.25, 0.3) is 0 Å². The van der Waals surface area contributed by atoms with Crippen molar-refractivity contribution in [3.63, 3.8) is 0 Å². The average Bonchev–Trinajstić information content (AvgIpc) is 2.85. The minimum atomic E-state index is -0.960. The third kappa shape index (κ3) is 3.48. The molecule has 2 rings (SSSR count). The van der Waals surface area contributed by atoms with Crippen LogP contribution in [-0.2, 0) is 6.42 Å². The number of benzene rings is 1. The molecule has 20 heavy (non-hydrogen) atoms. The minimum absolute atomic E-state index is 0.236. The van der Waals surface area contributed by atoms with Crippen molar-refractivity contribution in [2.24, 2.45) is 0 Å². The molecule has 1 aromatic heterocycles. The average molecular weight is 338 g/mol. The molecule has 1 aromatic carbocycles. The first-order chi connectivity index (χ1) is 9.58. The van der Waals surface area contributed by atoms with Crippen LogP contribution < -0.4 is 5.32 Å². The maximum Gasteiger partial charge on any atom is 0.335 e. The van der Waals surface area contributed by atoms with Crippen molar-refractivity contribution >= 4 is 27.8 Å². The first kappa shape index (κ1) is 14.3. The highest BCUT2D eigenvalue weighted by molar-refractivity contribution is 9.10. The zero-order valence-electron chi connectivity index (χ0n) is 10.4. The summed E-state index contributed by atoms with van der Waals surface area (Å²) in [5.74, 6) is -1.20. The van der Waals surface area contributed by atoms with Crippen LogP contribution in [0.4, 0.5) is 0 Å². The van der Waals surface area contributed by atoms with Crippen LogP contribution in [0.15, 0.2) is 45.7 Å². The van der Waals surface area contributed by atoms with E-state index in [0.717, 1.165) is 5.56 Å². The predicted molar refractivity (Wildman–Crippen MR) is 75.8 cm³/mol. The van der Waals surface area contributed by atoms with Gasteiger partial charge < -0.3 is 14.8 Å². The number of carbonyl (C=O) groups excluding carboxylic acids is 1. The Labute approximate surface area is 123 Å². The van der Waals surface area contributed by atoms with Crippen LogP contribution in [0.3, 0.4) is 0 Å². The number of halogens is 1. The van der Waals surface area contributed by atoms with Crippen LogP contribution in [0.5, 0.6) is 0 Å². The molecule has 6 heteroatoms. The highest BCUT2D eigenvalue weighted by atomic mass is 79.9. The monoisotopic (exact) mass is 337 g/mol. The largest absolute Gasteiger partial charge is 0.478 e. The third-order valence-corrected chi connectivity index (χ3v) is 3.35. The first-order valence-corrected chi connectivity index (χ1v) is 6.70. The lowest BCUT2D eigenvalue weighted by Gasteiger charge is -2.05. The predicted octanol–water partition coefficient (Wildman–Crippen LogP) is 2.71. The van der Waals surface area contributed by atoms with Gasteiger partial charge in [0.1, 0.15) is 0 Å².